The Hall–Kier alpha value is -4.38. The molecule has 284 valence electrons. The van der Waals surface area contributed by atoms with Crippen LogP contribution in [0.25, 0.3) is 5.69 Å². The predicted octanol–water partition coefficient (Wildman–Crippen LogP) is 4.80. The van der Waals surface area contributed by atoms with Crippen molar-refractivity contribution < 1.29 is 23.4 Å². The SMILES string of the molecule is CCC([C@H](C)O)n1ncn(-c2ccc(N3CCN(c4ccc(OC[C@@H]5CO[C@@](Cn6cncn6)(c6ccc(F)cc6F)C5)cc4)CC3)cc2)c1=O.S.S. The van der Waals surface area contributed by atoms with Gasteiger partial charge in [0.25, 0.3) is 0 Å². The van der Waals surface area contributed by atoms with Crippen molar-refractivity contribution in [2.24, 2.45) is 5.92 Å². The average Bonchev–Trinajstić information content (AvgIpc) is 3.90. The molecule has 1 unspecified atom stereocenters. The lowest BCUT2D eigenvalue weighted by Crippen LogP contribution is -2.46. The molecule has 2 aliphatic rings. The van der Waals surface area contributed by atoms with Gasteiger partial charge in [-0.15, -0.1) is 0 Å². The van der Waals surface area contributed by atoms with Crippen molar-refractivity contribution in [1.82, 2.24) is 29.1 Å². The van der Waals surface area contributed by atoms with Crippen molar-refractivity contribution in [2.75, 3.05) is 49.2 Å². The summed E-state index contributed by atoms with van der Waals surface area (Å²) in [6, 6.07) is 19.2. The van der Waals surface area contributed by atoms with E-state index >= 15 is 0 Å². The van der Waals surface area contributed by atoms with Crippen molar-refractivity contribution >= 4 is 38.4 Å². The zero-order valence-corrected chi connectivity index (χ0v) is 31.7. The van der Waals surface area contributed by atoms with Gasteiger partial charge in [-0.1, -0.05) is 13.0 Å². The minimum atomic E-state index is -1.02. The summed E-state index contributed by atoms with van der Waals surface area (Å²) in [5.41, 5.74) is 1.93. The first-order valence-corrected chi connectivity index (χ1v) is 17.3. The molecule has 2 fully saturated rings. The van der Waals surface area contributed by atoms with Crippen LogP contribution >= 0.6 is 27.0 Å². The van der Waals surface area contributed by atoms with Crippen LogP contribution in [0.2, 0.25) is 0 Å². The number of aromatic nitrogens is 6. The van der Waals surface area contributed by atoms with Crippen LogP contribution in [0.3, 0.4) is 0 Å². The Bertz CT molecular complexity index is 1970. The average molecular weight is 769 g/mol. The van der Waals surface area contributed by atoms with Gasteiger partial charge in [-0.2, -0.15) is 37.2 Å². The maximum atomic E-state index is 15.0. The number of nitrogens with zero attached hydrogens (tertiary/aromatic N) is 8. The van der Waals surface area contributed by atoms with E-state index in [-0.39, 0.29) is 51.2 Å². The van der Waals surface area contributed by atoms with Gasteiger partial charge in [0.15, 0.2) is 0 Å². The van der Waals surface area contributed by atoms with E-state index in [2.05, 4.69) is 37.1 Å². The number of piperazine rings is 1. The van der Waals surface area contributed by atoms with Crippen LogP contribution in [0.15, 0.2) is 90.5 Å². The van der Waals surface area contributed by atoms with Crippen LogP contribution in [-0.2, 0) is 16.9 Å². The highest BCUT2D eigenvalue weighted by Crippen LogP contribution is 2.42. The van der Waals surface area contributed by atoms with Crippen LogP contribution in [0.1, 0.15) is 38.3 Å². The van der Waals surface area contributed by atoms with Crippen LogP contribution < -0.4 is 20.2 Å². The fraction of sp³-hybridized carbons (Fsp3) is 0.405. The van der Waals surface area contributed by atoms with Crippen LogP contribution in [0.4, 0.5) is 20.2 Å². The molecule has 1 N–H and O–H groups in total. The summed E-state index contributed by atoms with van der Waals surface area (Å²) in [6.07, 6.45) is 4.88. The van der Waals surface area contributed by atoms with Gasteiger partial charge >= 0.3 is 5.69 Å². The Kier molecular flexibility index (Phi) is 12.9. The molecule has 0 aliphatic carbocycles. The fourth-order valence-electron chi connectivity index (χ4n) is 7.24. The van der Waals surface area contributed by atoms with Crippen molar-refractivity contribution in [3.8, 4) is 11.4 Å². The normalized spacial score (nSPS) is 19.7. The van der Waals surface area contributed by atoms with E-state index in [0.717, 1.165) is 55.1 Å². The smallest absolute Gasteiger partial charge is 0.350 e. The molecule has 2 aliphatic heterocycles. The van der Waals surface area contributed by atoms with Crippen molar-refractivity contribution in [1.29, 1.82) is 0 Å². The van der Waals surface area contributed by atoms with Gasteiger partial charge in [-0.3, -0.25) is 0 Å². The molecule has 7 rings (SSSR count). The molecule has 5 aromatic rings. The Labute approximate surface area is 320 Å². The number of hydrogen-bond acceptors (Lipinski definition) is 9. The molecule has 4 heterocycles. The van der Waals surface area contributed by atoms with E-state index < -0.39 is 23.3 Å². The van der Waals surface area contributed by atoms with Gasteiger partial charge in [-0.25, -0.2) is 32.5 Å². The summed E-state index contributed by atoms with van der Waals surface area (Å²) in [4.78, 5) is 21.7. The lowest BCUT2D eigenvalue weighted by Gasteiger charge is -2.37. The van der Waals surface area contributed by atoms with E-state index in [4.69, 9.17) is 9.47 Å². The first-order chi connectivity index (χ1) is 24.7. The van der Waals surface area contributed by atoms with Gasteiger partial charge < -0.3 is 24.4 Å². The molecule has 53 heavy (non-hydrogen) atoms. The van der Waals surface area contributed by atoms with Gasteiger partial charge in [0.05, 0.1) is 37.6 Å². The second kappa shape index (κ2) is 17.2. The van der Waals surface area contributed by atoms with Gasteiger partial charge in [-0.05, 0) is 74.4 Å². The maximum Gasteiger partial charge on any atom is 0.350 e. The topological polar surface area (TPSA) is 116 Å². The predicted molar refractivity (Wildman–Crippen MR) is 208 cm³/mol. The molecule has 2 aromatic heterocycles. The largest absolute Gasteiger partial charge is 0.493 e. The second-order valence-corrected chi connectivity index (χ2v) is 13.3. The maximum absolute atomic E-state index is 15.0. The van der Waals surface area contributed by atoms with E-state index in [1.165, 1.54) is 34.0 Å². The Morgan fingerprint density at radius 2 is 1.57 bits per heavy atom. The third-order valence-corrected chi connectivity index (χ3v) is 9.96. The molecule has 0 bridgehead atoms. The molecule has 0 amide bonds. The van der Waals surface area contributed by atoms with E-state index in [1.54, 1.807) is 17.9 Å². The molecule has 12 nitrogen and oxygen atoms in total. The Balaban J connectivity index is 0.00000271. The number of rotatable bonds is 12. The summed E-state index contributed by atoms with van der Waals surface area (Å²) in [6.45, 7) is 7.97. The van der Waals surface area contributed by atoms with Crippen LogP contribution in [0.5, 0.6) is 5.75 Å². The quantitative estimate of drug-likeness (QED) is 0.191. The third kappa shape index (κ3) is 8.56. The van der Waals surface area contributed by atoms with Crippen LogP contribution in [-0.4, -0.2) is 79.7 Å². The molecule has 3 aromatic carbocycles. The second-order valence-electron chi connectivity index (χ2n) is 13.3. The Morgan fingerprint density at radius 1 is 0.925 bits per heavy atom. The van der Waals surface area contributed by atoms with Crippen LogP contribution in [0, 0.1) is 17.6 Å². The fourth-order valence-corrected chi connectivity index (χ4v) is 7.24. The van der Waals surface area contributed by atoms with E-state index in [0.29, 0.717) is 31.6 Å². The first-order valence-electron chi connectivity index (χ1n) is 17.3. The summed E-state index contributed by atoms with van der Waals surface area (Å²) < 4.78 is 45.6. The summed E-state index contributed by atoms with van der Waals surface area (Å²) in [7, 11) is 0. The summed E-state index contributed by atoms with van der Waals surface area (Å²) in [5, 5.41) is 18.5. The molecule has 4 atom stereocenters. The third-order valence-electron chi connectivity index (χ3n) is 9.96. The highest BCUT2D eigenvalue weighted by Gasteiger charge is 2.44. The van der Waals surface area contributed by atoms with Gasteiger partial charge in [0.1, 0.15) is 42.0 Å². The van der Waals surface area contributed by atoms with E-state index in [9.17, 15) is 18.7 Å². The minimum Gasteiger partial charge on any atom is -0.493 e. The highest BCUT2D eigenvalue weighted by molar-refractivity contribution is 7.59. The molecule has 0 radical (unpaired) electrons. The molecule has 0 saturated carbocycles. The lowest BCUT2D eigenvalue weighted by atomic mass is 9.87. The molecular formula is C37H46F2N8O4S2. The van der Waals surface area contributed by atoms with E-state index in [1.807, 2.05) is 43.3 Å². The van der Waals surface area contributed by atoms with Crippen molar-refractivity contribution in [3.05, 3.63) is 113 Å². The zero-order valence-electron chi connectivity index (χ0n) is 29.7. The Morgan fingerprint density at radius 3 is 2.15 bits per heavy atom. The monoisotopic (exact) mass is 768 g/mol. The number of hydrogen-bond donors (Lipinski definition) is 1. The summed E-state index contributed by atoms with van der Waals surface area (Å²) in [5.74, 6) is -0.563. The number of aliphatic hydroxyl groups is 1. The molecule has 2 saturated heterocycles. The highest BCUT2D eigenvalue weighted by atomic mass is 32.1. The first kappa shape index (κ1) is 39.8. The standard InChI is InChI=1S/C37H42F2N8O4.2H2S/c1-3-35(26(2)48)47-36(49)46(25-42-47)31-7-5-29(6-8-31)43-14-16-44(17-15-43)30-9-11-32(12-10-30)50-20-27-19-37(51-21-27,22-45-24-40-23-41-45)33-13-4-28(38)18-34(33)39;;/h4-13,18,23-27,35,48H,3,14-17,19-22H2,1-2H3;2*1H2/t26-,27+,35?,37-;;/m0../s1. The number of benzene rings is 3. The number of anilines is 2. The van der Waals surface area contributed by atoms with Gasteiger partial charge in [0, 0.05) is 55.1 Å². The molecule has 16 heteroatoms. The number of halogens is 2. The van der Waals surface area contributed by atoms with Gasteiger partial charge in [0.2, 0.25) is 0 Å². The number of aliphatic hydroxyl groups excluding tert-OH is 1. The zero-order chi connectivity index (χ0) is 35.5. The van der Waals surface area contributed by atoms with Crippen molar-refractivity contribution in [3.63, 3.8) is 0 Å². The summed E-state index contributed by atoms with van der Waals surface area (Å²) >= 11 is 0. The minimum absolute atomic E-state index is 0. The van der Waals surface area contributed by atoms with Crippen molar-refractivity contribution in [2.45, 2.75) is 51.0 Å². The molecule has 0 spiro atoms. The lowest BCUT2D eigenvalue weighted by molar-refractivity contribution is -0.0206. The molecular weight excluding hydrogens is 723 g/mol. The number of ether oxygens (including phenoxy) is 2.